The molecule has 7 N–H and O–H groups in total. The SMILES string of the molecule is Cc1c(C(=O)C(=O)NC2(/C(N)=C/NN)CC2)c2n(c1C(=O)Nc1ccc(F)c(Cl)c1)CCC2. The van der Waals surface area contributed by atoms with Crippen molar-refractivity contribution in [3.05, 3.63) is 63.5 Å². The van der Waals surface area contributed by atoms with E-state index in [1.54, 1.807) is 11.5 Å². The van der Waals surface area contributed by atoms with E-state index in [9.17, 15) is 18.8 Å². The third-order valence-electron chi connectivity index (χ3n) is 6.13. The Labute approximate surface area is 194 Å². The summed E-state index contributed by atoms with van der Waals surface area (Å²) in [6.45, 7) is 2.18. The number of hydrazine groups is 1. The van der Waals surface area contributed by atoms with Gasteiger partial charge in [-0.1, -0.05) is 11.6 Å². The molecule has 2 amide bonds. The highest BCUT2D eigenvalue weighted by Crippen LogP contribution is 2.40. The van der Waals surface area contributed by atoms with Crippen molar-refractivity contribution in [3.8, 4) is 0 Å². The van der Waals surface area contributed by atoms with E-state index in [1.165, 1.54) is 18.3 Å². The summed E-state index contributed by atoms with van der Waals surface area (Å²) in [4.78, 5) is 39.1. The number of nitrogens with zero attached hydrogens (tertiary/aromatic N) is 1. The summed E-state index contributed by atoms with van der Waals surface area (Å²) in [6.07, 6.45) is 3.87. The number of nitrogens with two attached hydrogens (primary N) is 2. The first-order valence-electron chi connectivity index (χ1n) is 10.5. The molecule has 0 spiro atoms. The van der Waals surface area contributed by atoms with Gasteiger partial charge in [-0.15, -0.1) is 0 Å². The second-order valence-corrected chi connectivity index (χ2v) is 8.67. The number of benzene rings is 1. The quantitative estimate of drug-likeness (QED) is 0.179. The van der Waals surface area contributed by atoms with E-state index in [0.717, 1.165) is 12.5 Å². The van der Waals surface area contributed by atoms with Crippen LogP contribution in [-0.4, -0.2) is 27.7 Å². The Bertz CT molecular complexity index is 1200. The molecule has 174 valence electrons. The number of hydrogen-bond donors (Lipinski definition) is 5. The third-order valence-corrected chi connectivity index (χ3v) is 6.42. The molecule has 1 saturated carbocycles. The number of carbonyl (C=O) groups excluding carboxylic acids is 3. The van der Waals surface area contributed by atoms with Gasteiger partial charge in [0.25, 0.3) is 17.6 Å². The lowest BCUT2D eigenvalue weighted by Gasteiger charge is -2.17. The number of carbonyl (C=O) groups is 3. The largest absolute Gasteiger partial charge is 0.399 e. The maximum Gasteiger partial charge on any atom is 0.293 e. The average Bonchev–Trinajstić information content (AvgIpc) is 3.31. The Balaban J connectivity index is 1.61. The molecule has 0 bridgehead atoms. The van der Waals surface area contributed by atoms with Crippen LogP contribution in [0.15, 0.2) is 30.1 Å². The van der Waals surface area contributed by atoms with Crippen LogP contribution in [0.2, 0.25) is 5.02 Å². The van der Waals surface area contributed by atoms with Gasteiger partial charge in [-0.3, -0.25) is 20.2 Å². The monoisotopic (exact) mass is 474 g/mol. The van der Waals surface area contributed by atoms with Gasteiger partial charge >= 0.3 is 0 Å². The molecule has 0 atom stereocenters. The predicted molar refractivity (Wildman–Crippen MR) is 121 cm³/mol. The molecule has 1 aliphatic heterocycles. The lowest BCUT2D eigenvalue weighted by Crippen LogP contribution is -2.45. The van der Waals surface area contributed by atoms with Crippen LogP contribution in [0.4, 0.5) is 10.1 Å². The van der Waals surface area contributed by atoms with Crippen LogP contribution < -0.4 is 27.6 Å². The van der Waals surface area contributed by atoms with Gasteiger partial charge in [0.1, 0.15) is 11.5 Å². The molecule has 1 aliphatic carbocycles. The molecule has 2 aromatic rings. The minimum Gasteiger partial charge on any atom is -0.399 e. The summed E-state index contributed by atoms with van der Waals surface area (Å²) in [5, 5.41) is 5.29. The summed E-state index contributed by atoms with van der Waals surface area (Å²) in [5.41, 5.74) is 9.73. The second-order valence-electron chi connectivity index (χ2n) is 8.27. The van der Waals surface area contributed by atoms with Crippen molar-refractivity contribution in [2.24, 2.45) is 11.6 Å². The zero-order chi connectivity index (χ0) is 23.9. The van der Waals surface area contributed by atoms with Crippen LogP contribution >= 0.6 is 11.6 Å². The highest BCUT2D eigenvalue weighted by molar-refractivity contribution is 6.44. The molecule has 1 aromatic carbocycles. The molecule has 1 aromatic heterocycles. The normalized spacial score (nSPS) is 16.2. The molecule has 0 saturated heterocycles. The molecule has 11 heteroatoms. The first-order chi connectivity index (χ1) is 15.7. The molecule has 4 rings (SSSR count). The van der Waals surface area contributed by atoms with E-state index in [2.05, 4.69) is 16.1 Å². The smallest absolute Gasteiger partial charge is 0.293 e. The number of anilines is 1. The van der Waals surface area contributed by atoms with Gasteiger partial charge in [-0.05, 0) is 56.4 Å². The zero-order valence-electron chi connectivity index (χ0n) is 17.9. The number of halogens is 2. The molecular weight excluding hydrogens is 451 g/mol. The second kappa shape index (κ2) is 8.53. The minimum absolute atomic E-state index is 0.121. The van der Waals surface area contributed by atoms with Crippen molar-refractivity contribution in [1.29, 1.82) is 0 Å². The standard InChI is InChI=1S/C22H24ClFN6O3/c1-11-17(19(31)21(33)29-22(6-7-22)16(25)10-27-26)15-3-2-8-30(15)18(11)20(32)28-12-4-5-14(24)13(23)9-12/h4-5,9-10,27H,2-3,6-8,25-26H2,1H3,(H,28,32)(H,29,33)/b16-10-. The van der Waals surface area contributed by atoms with Gasteiger partial charge in [0.15, 0.2) is 0 Å². The van der Waals surface area contributed by atoms with Crippen molar-refractivity contribution >= 4 is 34.9 Å². The topological polar surface area (TPSA) is 144 Å². The van der Waals surface area contributed by atoms with E-state index in [4.69, 9.17) is 23.2 Å². The van der Waals surface area contributed by atoms with Crippen LogP contribution in [0.5, 0.6) is 0 Å². The summed E-state index contributed by atoms with van der Waals surface area (Å²) in [7, 11) is 0. The van der Waals surface area contributed by atoms with Gasteiger partial charge in [-0.25, -0.2) is 4.39 Å². The maximum absolute atomic E-state index is 13.4. The number of nitrogens with one attached hydrogen (secondary N) is 3. The van der Waals surface area contributed by atoms with E-state index < -0.39 is 29.0 Å². The molecule has 2 heterocycles. The first kappa shape index (κ1) is 22.8. The van der Waals surface area contributed by atoms with Crippen molar-refractivity contribution < 1.29 is 18.8 Å². The van der Waals surface area contributed by atoms with Crippen LogP contribution in [0.25, 0.3) is 0 Å². The third kappa shape index (κ3) is 4.07. The first-order valence-corrected chi connectivity index (χ1v) is 10.8. The predicted octanol–water partition coefficient (Wildman–Crippen LogP) is 1.88. The fourth-order valence-corrected chi connectivity index (χ4v) is 4.48. The molecule has 33 heavy (non-hydrogen) atoms. The summed E-state index contributed by atoms with van der Waals surface area (Å²) in [6, 6.07) is 3.85. The van der Waals surface area contributed by atoms with E-state index in [-0.39, 0.29) is 16.3 Å². The number of Topliss-reactive ketones (excluding diaryl/α,β-unsaturated/α-hetero) is 1. The molecule has 0 unspecified atom stereocenters. The Morgan fingerprint density at radius 3 is 2.64 bits per heavy atom. The Morgan fingerprint density at radius 2 is 2.00 bits per heavy atom. The Kier molecular flexibility index (Phi) is 5.89. The van der Waals surface area contributed by atoms with Gasteiger partial charge in [0.05, 0.1) is 21.8 Å². The fraction of sp³-hybridized carbons (Fsp3) is 0.318. The van der Waals surface area contributed by atoms with Gasteiger partial charge in [0.2, 0.25) is 0 Å². The number of aromatic nitrogens is 1. The molecule has 2 aliphatic rings. The van der Waals surface area contributed by atoms with Crippen LogP contribution in [0.1, 0.15) is 51.4 Å². The summed E-state index contributed by atoms with van der Waals surface area (Å²) >= 11 is 5.80. The summed E-state index contributed by atoms with van der Waals surface area (Å²) in [5.74, 6) is 2.68. The molecule has 1 fully saturated rings. The maximum atomic E-state index is 13.4. The van der Waals surface area contributed by atoms with Crippen LogP contribution in [-0.2, 0) is 17.8 Å². The fourth-order valence-electron chi connectivity index (χ4n) is 4.30. The zero-order valence-corrected chi connectivity index (χ0v) is 18.7. The van der Waals surface area contributed by atoms with Gasteiger partial charge in [0, 0.05) is 24.1 Å². The van der Waals surface area contributed by atoms with Gasteiger partial charge in [-0.2, -0.15) is 0 Å². The summed E-state index contributed by atoms with van der Waals surface area (Å²) < 4.78 is 15.2. The number of fused-ring (bicyclic) bond motifs is 1. The van der Waals surface area contributed by atoms with E-state index >= 15 is 0 Å². The Morgan fingerprint density at radius 1 is 1.27 bits per heavy atom. The lowest BCUT2D eigenvalue weighted by molar-refractivity contribution is -0.117. The van der Waals surface area contributed by atoms with E-state index in [0.29, 0.717) is 48.4 Å². The molecule has 9 nitrogen and oxygen atoms in total. The average molecular weight is 475 g/mol. The Hall–Kier alpha value is -3.37. The van der Waals surface area contributed by atoms with Crippen molar-refractivity contribution in [1.82, 2.24) is 15.3 Å². The number of rotatable bonds is 7. The highest BCUT2D eigenvalue weighted by Gasteiger charge is 2.48. The minimum atomic E-state index is -0.794. The number of hydrogen-bond acceptors (Lipinski definition) is 6. The van der Waals surface area contributed by atoms with Crippen LogP contribution in [0.3, 0.4) is 0 Å². The molecular formula is C22H24ClFN6O3. The lowest BCUT2D eigenvalue weighted by atomic mass is 10.0. The van der Waals surface area contributed by atoms with Crippen molar-refractivity contribution in [3.63, 3.8) is 0 Å². The van der Waals surface area contributed by atoms with Crippen LogP contribution in [0, 0.1) is 12.7 Å². The van der Waals surface area contributed by atoms with E-state index in [1.807, 2.05) is 0 Å². The van der Waals surface area contributed by atoms with Crippen molar-refractivity contribution in [2.75, 3.05) is 5.32 Å². The number of ketones is 1. The van der Waals surface area contributed by atoms with Crippen molar-refractivity contribution in [2.45, 2.75) is 44.7 Å². The number of amides is 2. The van der Waals surface area contributed by atoms with Gasteiger partial charge < -0.3 is 26.4 Å². The highest BCUT2D eigenvalue weighted by atomic mass is 35.5. The molecule has 0 radical (unpaired) electrons.